The Morgan fingerprint density at radius 2 is 1.81 bits per heavy atom. The molecule has 0 aliphatic rings. The minimum atomic E-state index is -4.11. The maximum atomic E-state index is 13.6. The second-order valence-electron chi connectivity index (χ2n) is 7.71. The number of rotatable bonds is 10. The van der Waals surface area contributed by atoms with E-state index in [1.54, 1.807) is 42.7 Å². The molecule has 37 heavy (non-hydrogen) atoms. The molecule has 4 aromatic heterocycles. The van der Waals surface area contributed by atoms with Gasteiger partial charge < -0.3 is 14.2 Å². The van der Waals surface area contributed by atoms with Crippen LogP contribution in [0.4, 0.5) is 5.95 Å². The van der Waals surface area contributed by atoms with E-state index in [0.717, 1.165) is 0 Å². The third-order valence-electron chi connectivity index (χ3n) is 5.52. The molecule has 0 radical (unpaired) electrons. The summed E-state index contributed by atoms with van der Waals surface area (Å²) >= 11 is 5.93. The smallest absolute Gasteiger partial charge is 0.243 e. The number of pyridine rings is 3. The zero-order valence-corrected chi connectivity index (χ0v) is 21.9. The van der Waals surface area contributed by atoms with Gasteiger partial charge in [0.05, 0.1) is 24.9 Å². The first kappa shape index (κ1) is 26.3. The lowest BCUT2D eigenvalue weighted by atomic mass is 10.2. The molecule has 194 valence electrons. The number of halogens is 1. The van der Waals surface area contributed by atoms with Crippen molar-refractivity contribution in [1.82, 2.24) is 29.7 Å². The van der Waals surface area contributed by atoms with Crippen LogP contribution in [0.25, 0.3) is 17.1 Å². The monoisotopic (exact) mass is 545 g/mol. The average molecular weight is 546 g/mol. The first-order valence-electron chi connectivity index (χ1n) is 10.9. The topological polar surface area (TPSA) is 143 Å². The summed E-state index contributed by atoms with van der Waals surface area (Å²) in [6.45, 7) is 1.50. The average Bonchev–Trinajstić information content (AvgIpc) is 3.32. The van der Waals surface area contributed by atoms with Crippen molar-refractivity contribution in [2.75, 3.05) is 26.1 Å². The highest BCUT2D eigenvalue weighted by Crippen LogP contribution is 2.36. The molecular formula is C23H24ClN7O5S. The minimum Gasteiger partial charge on any atom is -0.494 e. The van der Waals surface area contributed by atoms with Gasteiger partial charge in [0.2, 0.25) is 21.9 Å². The van der Waals surface area contributed by atoms with Crippen LogP contribution in [0, 0.1) is 0 Å². The molecule has 0 aliphatic heterocycles. The van der Waals surface area contributed by atoms with Crippen LogP contribution in [0.15, 0.2) is 55.1 Å². The zero-order valence-electron chi connectivity index (χ0n) is 20.4. The Bertz CT molecular complexity index is 1440. The van der Waals surface area contributed by atoms with Crippen molar-refractivity contribution >= 4 is 27.6 Å². The van der Waals surface area contributed by atoms with Gasteiger partial charge in [-0.15, -0.1) is 10.2 Å². The molecule has 4 heterocycles. The molecule has 12 nitrogen and oxygen atoms in total. The van der Waals surface area contributed by atoms with Crippen molar-refractivity contribution in [3.8, 4) is 28.7 Å². The third kappa shape index (κ3) is 5.33. The second kappa shape index (κ2) is 11.1. The van der Waals surface area contributed by atoms with Gasteiger partial charge in [0, 0.05) is 43.5 Å². The largest absolute Gasteiger partial charge is 0.494 e. The molecule has 4 rings (SSSR count). The molecule has 0 bridgehead atoms. The SMILES string of the molecule is COc1ccnc(OC)c1-n1c(NS(=O)(=O)[C@H](C)[C@@H](OC)c2ccc(Cl)cn2)nnc1-c1cccnc1. The highest BCUT2D eigenvalue weighted by atomic mass is 35.5. The number of ether oxygens (including phenoxy) is 3. The third-order valence-corrected chi connectivity index (χ3v) is 7.44. The van der Waals surface area contributed by atoms with Gasteiger partial charge in [0.1, 0.15) is 17.1 Å². The summed E-state index contributed by atoms with van der Waals surface area (Å²) in [5, 5.41) is 7.71. The van der Waals surface area contributed by atoms with Crippen LogP contribution in [0.5, 0.6) is 11.6 Å². The van der Waals surface area contributed by atoms with Crippen LogP contribution in [-0.4, -0.2) is 64.7 Å². The lowest BCUT2D eigenvalue weighted by Gasteiger charge is -2.23. The van der Waals surface area contributed by atoms with E-state index >= 15 is 0 Å². The fraction of sp³-hybridized carbons (Fsp3) is 0.261. The molecule has 14 heteroatoms. The Balaban J connectivity index is 1.83. The van der Waals surface area contributed by atoms with Gasteiger partial charge in [0.25, 0.3) is 0 Å². The number of anilines is 1. The predicted octanol–water partition coefficient (Wildman–Crippen LogP) is 3.31. The van der Waals surface area contributed by atoms with Gasteiger partial charge in [-0.25, -0.2) is 13.4 Å². The first-order chi connectivity index (χ1) is 17.8. The Kier molecular flexibility index (Phi) is 7.86. The molecule has 2 atom stereocenters. The van der Waals surface area contributed by atoms with Crippen LogP contribution >= 0.6 is 11.6 Å². The number of sulfonamides is 1. The lowest BCUT2D eigenvalue weighted by Crippen LogP contribution is -2.33. The van der Waals surface area contributed by atoms with E-state index in [9.17, 15) is 8.42 Å². The molecule has 0 aliphatic carbocycles. The quantitative estimate of drug-likeness (QED) is 0.315. The van der Waals surface area contributed by atoms with E-state index in [2.05, 4.69) is 29.9 Å². The number of hydrogen-bond acceptors (Lipinski definition) is 10. The van der Waals surface area contributed by atoms with Gasteiger partial charge in [-0.2, -0.15) is 0 Å². The highest BCUT2D eigenvalue weighted by molar-refractivity contribution is 7.93. The van der Waals surface area contributed by atoms with E-state index in [4.69, 9.17) is 25.8 Å². The van der Waals surface area contributed by atoms with E-state index in [1.807, 2.05) is 0 Å². The summed E-state index contributed by atoms with van der Waals surface area (Å²) in [6, 6.07) is 8.31. The Morgan fingerprint density at radius 3 is 2.43 bits per heavy atom. The Morgan fingerprint density at radius 1 is 1.00 bits per heavy atom. The summed E-state index contributed by atoms with van der Waals surface area (Å²) in [4.78, 5) is 12.6. The summed E-state index contributed by atoms with van der Waals surface area (Å²) in [5.41, 5.74) is 1.27. The molecular weight excluding hydrogens is 522 g/mol. The lowest BCUT2D eigenvalue weighted by molar-refractivity contribution is 0.0989. The van der Waals surface area contributed by atoms with Gasteiger partial charge in [-0.1, -0.05) is 11.6 Å². The van der Waals surface area contributed by atoms with Crippen molar-refractivity contribution in [1.29, 1.82) is 0 Å². The van der Waals surface area contributed by atoms with Gasteiger partial charge in [-0.3, -0.25) is 19.3 Å². The summed E-state index contributed by atoms with van der Waals surface area (Å²) in [7, 11) is 0.205. The van der Waals surface area contributed by atoms with Crippen molar-refractivity contribution in [2.24, 2.45) is 0 Å². The van der Waals surface area contributed by atoms with Crippen LogP contribution in [0.3, 0.4) is 0 Å². The molecule has 0 saturated carbocycles. The number of nitrogens with one attached hydrogen (secondary N) is 1. The maximum absolute atomic E-state index is 13.6. The number of hydrogen-bond donors (Lipinski definition) is 1. The molecule has 0 aromatic carbocycles. The van der Waals surface area contributed by atoms with Crippen LogP contribution in [-0.2, 0) is 14.8 Å². The van der Waals surface area contributed by atoms with E-state index in [-0.39, 0.29) is 17.7 Å². The predicted molar refractivity (Wildman–Crippen MR) is 136 cm³/mol. The van der Waals surface area contributed by atoms with Crippen molar-refractivity contribution in [3.63, 3.8) is 0 Å². The highest BCUT2D eigenvalue weighted by Gasteiger charge is 2.34. The molecule has 1 N–H and O–H groups in total. The molecule has 0 spiro atoms. The van der Waals surface area contributed by atoms with Crippen molar-refractivity contribution < 1.29 is 22.6 Å². The van der Waals surface area contributed by atoms with Crippen LogP contribution in [0.2, 0.25) is 5.02 Å². The van der Waals surface area contributed by atoms with Gasteiger partial charge in [-0.05, 0) is 31.2 Å². The standard InChI is InChI=1S/C23H24ClN7O5S/c1-14(20(35-3)17-8-7-16(24)13-27-17)37(32,33)30-23-29-28-21(15-6-5-10-25-12-15)31(23)19-18(34-2)9-11-26-22(19)36-4/h5-14,20H,1-4H3,(H,29,30)/t14-,20-/m1/s1. The second-order valence-corrected chi connectivity index (χ2v) is 10.2. The van der Waals surface area contributed by atoms with Crippen molar-refractivity contribution in [3.05, 3.63) is 65.8 Å². The minimum absolute atomic E-state index is 0.116. The fourth-order valence-corrected chi connectivity index (χ4v) is 4.93. The molecule has 0 unspecified atom stereocenters. The maximum Gasteiger partial charge on any atom is 0.243 e. The van der Waals surface area contributed by atoms with Gasteiger partial charge in [0.15, 0.2) is 11.5 Å². The van der Waals surface area contributed by atoms with Crippen LogP contribution < -0.4 is 14.2 Å². The van der Waals surface area contributed by atoms with Gasteiger partial charge >= 0.3 is 0 Å². The molecule has 4 aromatic rings. The number of aromatic nitrogens is 6. The zero-order chi connectivity index (χ0) is 26.6. The first-order valence-corrected chi connectivity index (χ1v) is 12.8. The summed E-state index contributed by atoms with van der Waals surface area (Å²) in [5.74, 6) is 0.684. The van der Waals surface area contributed by atoms with Crippen molar-refractivity contribution in [2.45, 2.75) is 18.3 Å². The van der Waals surface area contributed by atoms with E-state index < -0.39 is 21.4 Å². The molecule has 0 amide bonds. The Labute approximate surface area is 218 Å². The normalized spacial score (nSPS) is 13.1. The number of methoxy groups -OCH3 is 3. The summed E-state index contributed by atoms with van der Waals surface area (Å²) < 4.78 is 47.6. The number of nitrogens with zero attached hydrogens (tertiary/aromatic N) is 6. The van der Waals surface area contributed by atoms with E-state index in [0.29, 0.717) is 27.7 Å². The molecule has 0 fully saturated rings. The summed E-state index contributed by atoms with van der Waals surface area (Å²) in [6.07, 6.45) is 5.21. The van der Waals surface area contributed by atoms with E-state index in [1.165, 1.54) is 45.2 Å². The Hall–Kier alpha value is -3.81. The fourth-order valence-electron chi connectivity index (χ4n) is 3.67. The van der Waals surface area contributed by atoms with Crippen LogP contribution in [0.1, 0.15) is 18.7 Å². The molecule has 0 saturated heterocycles.